The Morgan fingerprint density at radius 2 is 2.12 bits per heavy atom. The average molecular weight is 565 g/mol. The lowest BCUT2D eigenvalue weighted by molar-refractivity contribution is -0.127. The molecule has 1 atom stereocenters. The lowest BCUT2D eigenvalue weighted by Crippen LogP contribution is -2.58. The van der Waals surface area contributed by atoms with Crippen molar-refractivity contribution in [2.75, 3.05) is 36.5 Å². The monoisotopic (exact) mass is 564 g/mol. The predicted octanol–water partition coefficient (Wildman–Crippen LogP) is 4.67. The van der Waals surface area contributed by atoms with Crippen molar-refractivity contribution in [1.82, 2.24) is 24.9 Å². The molecule has 5 heterocycles. The van der Waals surface area contributed by atoms with E-state index in [1.165, 1.54) is 12.4 Å². The van der Waals surface area contributed by atoms with Crippen molar-refractivity contribution in [2.24, 2.45) is 5.10 Å². The van der Waals surface area contributed by atoms with Crippen molar-refractivity contribution >= 4 is 40.5 Å². The van der Waals surface area contributed by atoms with Crippen LogP contribution in [0.25, 0.3) is 11.0 Å². The number of hydrogen-bond acceptors (Lipinski definition) is 10. The van der Waals surface area contributed by atoms with Crippen LogP contribution in [0.15, 0.2) is 84.2 Å². The standard InChI is InChI=1S/C31H32N8O3/c1-5-22-15-24(10-11-39(22)34-7-3)42-26-9-8-21(14-20(26)4)35-30-29-25(32-19-33-30)16-27-31(36-29)38-13-12-37(28(40)6-2)17-23(38)18-41-27/h5-11,14-16,19,23H,2,12-13,17-18H2,1,3-4H3,(H,32,33,35)/b22-5?,34-7-. The molecule has 0 radical (unpaired) electrons. The number of benzene rings is 1. The Morgan fingerprint density at radius 1 is 1.24 bits per heavy atom. The molecule has 3 aliphatic heterocycles. The zero-order chi connectivity index (χ0) is 29.2. The molecule has 3 aliphatic rings. The summed E-state index contributed by atoms with van der Waals surface area (Å²) in [4.78, 5) is 30.1. The highest BCUT2D eigenvalue weighted by Crippen LogP contribution is 2.37. The van der Waals surface area contributed by atoms with Gasteiger partial charge in [-0.2, -0.15) is 5.10 Å². The summed E-state index contributed by atoms with van der Waals surface area (Å²) in [6.45, 7) is 11.7. The molecule has 6 rings (SSSR count). The molecule has 1 saturated heterocycles. The highest BCUT2D eigenvalue weighted by atomic mass is 16.5. The third-order valence-corrected chi connectivity index (χ3v) is 7.36. The summed E-state index contributed by atoms with van der Waals surface area (Å²) in [6, 6.07) is 7.80. The fraction of sp³-hybridized carbons (Fsp3) is 0.258. The third-order valence-electron chi connectivity index (χ3n) is 7.36. The van der Waals surface area contributed by atoms with Crippen molar-refractivity contribution in [1.29, 1.82) is 0 Å². The SMILES string of the molecule is C=CC(=O)N1CCN2c3nc4c(Nc5ccc(OC6=CC(=CC)N(/N=C\C)C=C6)c(C)c5)ncnc4cc3OCC2C1. The molecular weight excluding hydrogens is 532 g/mol. The van der Waals surface area contributed by atoms with E-state index in [1.54, 1.807) is 16.1 Å². The van der Waals surface area contributed by atoms with Crippen LogP contribution in [-0.4, -0.2) is 69.3 Å². The lowest BCUT2D eigenvalue weighted by atomic mass is 10.1. The number of hydrazone groups is 1. The molecule has 0 saturated carbocycles. The molecule has 11 nitrogen and oxygen atoms in total. The highest BCUT2D eigenvalue weighted by Gasteiger charge is 2.35. The Kier molecular flexibility index (Phi) is 7.30. The summed E-state index contributed by atoms with van der Waals surface area (Å²) in [7, 11) is 0. The number of piperazine rings is 1. The number of anilines is 3. The first-order valence-electron chi connectivity index (χ1n) is 13.8. The van der Waals surface area contributed by atoms with Gasteiger partial charge < -0.3 is 24.6 Å². The smallest absolute Gasteiger partial charge is 0.246 e. The quantitative estimate of drug-likeness (QED) is 0.337. The first-order chi connectivity index (χ1) is 20.5. The average Bonchev–Trinajstić information content (AvgIpc) is 3.01. The zero-order valence-corrected chi connectivity index (χ0v) is 23.8. The largest absolute Gasteiger partial charge is 0.487 e. The van der Waals surface area contributed by atoms with Gasteiger partial charge in [0.15, 0.2) is 17.4 Å². The number of aryl methyl sites for hydroxylation is 1. The molecule has 214 valence electrons. The molecule has 1 amide bonds. The molecule has 11 heteroatoms. The van der Waals surface area contributed by atoms with E-state index in [1.807, 2.05) is 69.5 Å². The van der Waals surface area contributed by atoms with Gasteiger partial charge in [0.05, 0.1) is 17.3 Å². The number of carbonyl (C=O) groups excluding carboxylic acids is 1. The summed E-state index contributed by atoms with van der Waals surface area (Å²) < 4.78 is 12.3. The fourth-order valence-corrected chi connectivity index (χ4v) is 5.26. The van der Waals surface area contributed by atoms with E-state index < -0.39 is 0 Å². The molecule has 42 heavy (non-hydrogen) atoms. The maximum Gasteiger partial charge on any atom is 0.246 e. The van der Waals surface area contributed by atoms with Crippen LogP contribution < -0.4 is 19.7 Å². The minimum atomic E-state index is -0.0682. The van der Waals surface area contributed by atoms with E-state index in [0.717, 1.165) is 34.3 Å². The molecule has 1 aromatic carbocycles. The maximum atomic E-state index is 12.2. The summed E-state index contributed by atoms with van der Waals surface area (Å²) in [5.41, 5.74) is 4.04. The van der Waals surface area contributed by atoms with Crippen molar-refractivity contribution in [3.05, 3.63) is 84.7 Å². The van der Waals surface area contributed by atoms with E-state index in [9.17, 15) is 4.79 Å². The molecular formula is C31H32N8O3. The Bertz CT molecular complexity index is 1680. The number of pyridine rings is 1. The van der Waals surface area contributed by atoms with Gasteiger partial charge in [0.25, 0.3) is 0 Å². The van der Waals surface area contributed by atoms with Gasteiger partial charge in [-0.05, 0) is 56.7 Å². The Labute approximate surface area is 244 Å². The molecule has 0 bridgehead atoms. The third kappa shape index (κ3) is 5.16. The van der Waals surface area contributed by atoms with Gasteiger partial charge >= 0.3 is 0 Å². The first-order valence-corrected chi connectivity index (χ1v) is 13.8. The topological polar surface area (TPSA) is 108 Å². The summed E-state index contributed by atoms with van der Waals surface area (Å²) in [6.07, 6.45) is 12.3. The highest BCUT2D eigenvalue weighted by molar-refractivity contribution is 5.90. The normalized spacial score (nSPS) is 18.9. The van der Waals surface area contributed by atoms with E-state index >= 15 is 0 Å². The van der Waals surface area contributed by atoms with Gasteiger partial charge in [0, 0.05) is 49.9 Å². The molecule has 1 unspecified atom stereocenters. The number of hydrogen-bond donors (Lipinski definition) is 1. The number of carbonyl (C=O) groups is 1. The van der Waals surface area contributed by atoms with Gasteiger partial charge in [-0.15, -0.1) is 0 Å². The van der Waals surface area contributed by atoms with Gasteiger partial charge in [-0.25, -0.2) is 20.0 Å². The van der Waals surface area contributed by atoms with Crippen LogP contribution in [0.3, 0.4) is 0 Å². The molecule has 1 fully saturated rings. The van der Waals surface area contributed by atoms with Crippen LogP contribution in [-0.2, 0) is 4.79 Å². The van der Waals surface area contributed by atoms with E-state index in [0.29, 0.717) is 48.8 Å². The van der Waals surface area contributed by atoms with Gasteiger partial charge in [-0.3, -0.25) is 4.79 Å². The van der Waals surface area contributed by atoms with E-state index in [2.05, 4.69) is 31.9 Å². The van der Waals surface area contributed by atoms with Crippen molar-refractivity contribution in [2.45, 2.75) is 26.8 Å². The summed E-state index contributed by atoms with van der Waals surface area (Å²) in [5.74, 6) is 3.41. The van der Waals surface area contributed by atoms with Gasteiger partial charge in [0.1, 0.15) is 30.0 Å². The second-order valence-electron chi connectivity index (χ2n) is 10.0. The number of ether oxygens (including phenoxy) is 2. The summed E-state index contributed by atoms with van der Waals surface area (Å²) >= 11 is 0. The van der Waals surface area contributed by atoms with Crippen LogP contribution in [0.4, 0.5) is 17.3 Å². The van der Waals surface area contributed by atoms with Gasteiger partial charge in [-0.1, -0.05) is 12.7 Å². The molecule has 2 aromatic heterocycles. The minimum Gasteiger partial charge on any atom is -0.487 e. The lowest BCUT2D eigenvalue weighted by Gasteiger charge is -2.44. The van der Waals surface area contributed by atoms with Crippen LogP contribution in [0, 0.1) is 6.92 Å². The van der Waals surface area contributed by atoms with E-state index in [4.69, 9.17) is 14.5 Å². The number of nitrogens with zero attached hydrogens (tertiary/aromatic N) is 7. The minimum absolute atomic E-state index is 0.0109. The number of fused-ring (bicyclic) bond motifs is 4. The van der Waals surface area contributed by atoms with Crippen molar-refractivity contribution in [3.8, 4) is 11.5 Å². The Morgan fingerprint density at radius 3 is 2.90 bits per heavy atom. The van der Waals surface area contributed by atoms with Crippen LogP contribution in [0.5, 0.6) is 11.5 Å². The number of allylic oxidation sites excluding steroid dienone is 3. The number of nitrogens with one attached hydrogen (secondary N) is 1. The Hall–Kier alpha value is -5.19. The summed E-state index contributed by atoms with van der Waals surface area (Å²) in [5, 5.41) is 9.53. The van der Waals surface area contributed by atoms with Crippen LogP contribution in [0.1, 0.15) is 19.4 Å². The predicted molar refractivity (Wildman–Crippen MR) is 163 cm³/mol. The second kappa shape index (κ2) is 11.4. The van der Waals surface area contributed by atoms with Crippen molar-refractivity contribution in [3.63, 3.8) is 0 Å². The zero-order valence-electron chi connectivity index (χ0n) is 23.8. The number of aromatic nitrogens is 3. The second-order valence-corrected chi connectivity index (χ2v) is 10.0. The molecule has 3 aromatic rings. The number of rotatable bonds is 6. The molecule has 1 N–H and O–H groups in total. The van der Waals surface area contributed by atoms with Crippen molar-refractivity contribution < 1.29 is 14.3 Å². The van der Waals surface area contributed by atoms with Crippen LogP contribution >= 0.6 is 0 Å². The first kappa shape index (κ1) is 27.0. The van der Waals surface area contributed by atoms with Gasteiger partial charge in [0.2, 0.25) is 5.91 Å². The van der Waals surface area contributed by atoms with Crippen LogP contribution in [0.2, 0.25) is 0 Å². The molecule has 0 spiro atoms. The van der Waals surface area contributed by atoms with E-state index in [-0.39, 0.29) is 11.9 Å². The molecule has 0 aliphatic carbocycles. The number of amides is 1. The maximum absolute atomic E-state index is 12.2. The fourth-order valence-electron chi connectivity index (χ4n) is 5.26. The Balaban J connectivity index is 1.23.